The summed E-state index contributed by atoms with van der Waals surface area (Å²) in [6, 6.07) is 9.96. The minimum absolute atomic E-state index is 0.0378. The lowest BCUT2D eigenvalue weighted by Crippen LogP contribution is -2.40. The van der Waals surface area contributed by atoms with Crippen molar-refractivity contribution in [2.24, 2.45) is 5.92 Å². The zero-order valence-corrected chi connectivity index (χ0v) is 16.2. The van der Waals surface area contributed by atoms with E-state index >= 15 is 0 Å². The minimum Gasteiger partial charge on any atom is -0.337 e. The predicted octanol–water partition coefficient (Wildman–Crippen LogP) is 3.07. The van der Waals surface area contributed by atoms with Gasteiger partial charge in [0, 0.05) is 30.2 Å². The molecule has 1 saturated heterocycles. The third-order valence-electron chi connectivity index (χ3n) is 4.97. The van der Waals surface area contributed by atoms with Crippen LogP contribution in [-0.4, -0.2) is 52.3 Å². The fourth-order valence-corrected chi connectivity index (χ4v) is 4.22. The fraction of sp³-hybridized carbons (Fsp3) is 0.350. The van der Waals surface area contributed by atoms with E-state index in [-0.39, 0.29) is 5.91 Å². The third kappa shape index (κ3) is 3.94. The highest BCUT2D eigenvalue weighted by Crippen LogP contribution is 2.26. The van der Waals surface area contributed by atoms with Gasteiger partial charge in [0.2, 0.25) is 0 Å². The van der Waals surface area contributed by atoms with Crippen molar-refractivity contribution in [3.63, 3.8) is 0 Å². The molecule has 1 aromatic carbocycles. The van der Waals surface area contributed by atoms with Gasteiger partial charge in [0.05, 0.1) is 11.9 Å². The zero-order valence-electron chi connectivity index (χ0n) is 15.3. The van der Waals surface area contributed by atoms with E-state index in [2.05, 4.69) is 15.4 Å². The number of carbonyl (C=O) groups is 1. The molecule has 2 aromatic heterocycles. The average Bonchev–Trinajstić information content (AvgIpc) is 3.39. The molecule has 0 saturated carbocycles. The van der Waals surface area contributed by atoms with E-state index < -0.39 is 0 Å². The van der Waals surface area contributed by atoms with Gasteiger partial charge >= 0.3 is 0 Å². The zero-order chi connectivity index (χ0) is 18.6. The summed E-state index contributed by atoms with van der Waals surface area (Å²) in [6.07, 6.45) is 5.84. The Morgan fingerprint density at radius 2 is 2.04 bits per heavy atom. The van der Waals surface area contributed by atoms with Gasteiger partial charge in [-0.15, -0.1) is 11.3 Å². The van der Waals surface area contributed by atoms with Crippen LogP contribution < -0.4 is 5.32 Å². The normalized spacial score (nSPS) is 15.2. The number of para-hydroxylation sites is 1. The van der Waals surface area contributed by atoms with E-state index in [4.69, 9.17) is 0 Å². The number of likely N-dealkylation sites (tertiary alicyclic amines) is 1. The number of rotatable bonds is 5. The molecule has 0 unspecified atom stereocenters. The molecule has 1 amide bonds. The Bertz CT molecular complexity index is 896. The molecule has 6 nitrogen and oxygen atoms in total. The van der Waals surface area contributed by atoms with Crippen molar-refractivity contribution in [3.05, 3.63) is 53.8 Å². The Morgan fingerprint density at radius 1 is 1.26 bits per heavy atom. The van der Waals surface area contributed by atoms with Crippen molar-refractivity contribution < 1.29 is 4.79 Å². The van der Waals surface area contributed by atoms with Gasteiger partial charge in [0.15, 0.2) is 0 Å². The van der Waals surface area contributed by atoms with Crippen molar-refractivity contribution >= 4 is 17.2 Å². The summed E-state index contributed by atoms with van der Waals surface area (Å²) in [4.78, 5) is 19.3. The molecule has 1 aliphatic rings. The Kier molecular flexibility index (Phi) is 5.31. The first-order valence-corrected chi connectivity index (χ1v) is 10.1. The molecular formula is C20H23N5OS. The molecule has 0 bridgehead atoms. The SMILES string of the molecule is CNCC1CCN(C(=O)c2csc(-c3cnn(-c4ccccc4)c3)n2)CC1. The second-order valence-electron chi connectivity index (χ2n) is 6.84. The Morgan fingerprint density at radius 3 is 2.78 bits per heavy atom. The second-order valence-corrected chi connectivity index (χ2v) is 7.70. The number of benzene rings is 1. The first-order valence-electron chi connectivity index (χ1n) is 9.24. The van der Waals surface area contributed by atoms with Gasteiger partial charge in [-0.1, -0.05) is 18.2 Å². The van der Waals surface area contributed by atoms with Gasteiger partial charge in [-0.25, -0.2) is 9.67 Å². The van der Waals surface area contributed by atoms with Crippen LogP contribution in [0.3, 0.4) is 0 Å². The second kappa shape index (κ2) is 8.02. The van der Waals surface area contributed by atoms with Crippen LogP contribution in [0.1, 0.15) is 23.3 Å². The van der Waals surface area contributed by atoms with Crippen LogP contribution in [0.15, 0.2) is 48.1 Å². The maximum absolute atomic E-state index is 12.8. The van der Waals surface area contributed by atoms with E-state index in [0.717, 1.165) is 48.7 Å². The van der Waals surface area contributed by atoms with Crippen LogP contribution in [0.5, 0.6) is 0 Å². The summed E-state index contributed by atoms with van der Waals surface area (Å²) in [7, 11) is 1.98. The summed E-state index contributed by atoms with van der Waals surface area (Å²) in [6.45, 7) is 2.64. The van der Waals surface area contributed by atoms with Crippen LogP contribution >= 0.6 is 11.3 Å². The number of piperidine rings is 1. The van der Waals surface area contributed by atoms with E-state index in [0.29, 0.717) is 11.6 Å². The summed E-state index contributed by atoms with van der Waals surface area (Å²) in [5.74, 6) is 0.699. The molecular weight excluding hydrogens is 358 g/mol. The summed E-state index contributed by atoms with van der Waals surface area (Å²) in [5.41, 5.74) is 2.46. The maximum atomic E-state index is 12.8. The standard InChI is InChI=1S/C20H23N5OS/c1-21-11-15-7-9-24(10-8-15)20(26)18-14-27-19(23-18)16-12-22-25(13-16)17-5-3-2-4-6-17/h2-6,12-15,21H,7-11H2,1H3. The molecule has 3 aromatic rings. The van der Waals surface area contributed by atoms with Crippen molar-refractivity contribution in [3.8, 4) is 16.3 Å². The quantitative estimate of drug-likeness (QED) is 0.738. The largest absolute Gasteiger partial charge is 0.337 e. The van der Waals surface area contributed by atoms with Crippen LogP contribution in [-0.2, 0) is 0 Å². The number of aromatic nitrogens is 3. The average molecular weight is 382 g/mol. The Hall–Kier alpha value is -2.51. The van der Waals surface area contributed by atoms with Gasteiger partial charge in [-0.05, 0) is 44.5 Å². The molecule has 1 fully saturated rings. The number of hydrogen-bond acceptors (Lipinski definition) is 5. The lowest BCUT2D eigenvalue weighted by Gasteiger charge is -2.31. The van der Waals surface area contributed by atoms with E-state index in [9.17, 15) is 4.79 Å². The molecule has 27 heavy (non-hydrogen) atoms. The van der Waals surface area contributed by atoms with E-state index in [1.54, 1.807) is 6.20 Å². The van der Waals surface area contributed by atoms with Crippen molar-refractivity contribution in [2.45, 2.75) is 12.8 Å². The Labute approximate surface area is 162 Å². The lowest BCUT2D eigenvalue weighted by atomic mass is 9.97. The molecule has 0 aliphatic carbocycles. The highest BCUT2D eigenvalue weighted by Gasteiger charge is 2.25. The van der Waals surface area contributed by atoms with E-state index in [1.807, 2.05) is 58.5 Å². The number of hydrogen-bond donors (Lipinski definition) is 1. The van der Waals surface area contributed by atoms with Crippen molar-refractivity contribution in [2.75, 3.05) is 26.7 Å². The molecule has 7 heteroatoms. The van der Waals surface area contributed by atoms with Gasteiger partial charge in [-0.2, -0.15) is 5.10 Å². The molecule has 4 rings (SSSR count). The number of thiazole rings is 1. The molecule has 3 heterocycles. The number of nitrogens with zero attached hydrogens (tertiary/aromatic N) is 4. The minimum atomic E-state index is 0.0378. The molecule has 0 atom stereocenters. The molecule has 1 aliphatic heterocycles. The predicted molar refractivity (Wildman–Crippen MR) is 107 cm³/mol. The fourth-order valence-electron chi connectivity index (χ4n) is 3.45. The van der Waals surface area contributed by atoms with Gasteiger partial charge < -0.3 is 10.2 Å². The van der Waals surface area contributed by atoms with Gasteiger partial charge in [0.1, 0.15) is 10.7 Å². The monoisotopic (exact) mass is 381 g/mol. The molecule has 140 valence electrons. The van der Waals surface area contributed by atoms with Gasteiger partial charge in [-0.3, -0.25) is 4.79 Å². The summed E-state index contributed by atoms with van der Waals surface area (Å²) >= 11 is 1.49. The van der Waals surface area contributed by atoms with Crippen LogP contribution in [0, 0.1) is 5.92 Å². The van der Waals surface area contributed by atoms with Crippen molar-refractivity contribution in [1.29, 1.82) is 0 Å². The topological polar surface area (TPSA) is 63.1 Å². The first-order chi connectivity index (χ1) is 13.2. The number of amides is 1. The van der Waals surface area contributed by atoms with Gasteiger partial charge in [0.25, 0.3) is 5.91 Å². The molecule has 0 radical (unpaired) electrons. The highest BCUT2D eigenvalue weighted by molar-refractivity contribution is 7.13. The maximum Gasteiger partial charge on any atom is 0.273 e. The lowest BCUT2D eigenvalue weighted by molar-refractivity contribution is 0.0686. The first kappa shape index (κ1) is 17.9. The van der Waals surface area contributed by atoms with Crippen LogP contribution in [0.2, 0.25) is 0 Å². The van der Waals surface area contributed by atoms with Crippen LogP contribution in [0.4, 0.5) is 0 Å². The summed E-state index contributed by atoms with van der Waals surface area (Å²) < 4.78 is 1.82. The smallest absolute Gasteiger partial charge is 0.273 e. The molecule has 0 spiro atoms. The van der Waals surface area contributed by atoms with Crippen molar-refractivity contribution in [1.82, 2.24) is 25.0 Å². The number of nitrogens with one attached hydrogen (secondary N) is 1. The molecule has 1 N–H and O–H groups in total. The third-order valence-corrected chi connectivity index (χ3v) is 5.86. The summed E-state index contributed by atoms with van der Waals surface area (Å²) in [5, 5.41) is 10.3. The van der Waals surface area contributed by atoms with Crippen LogP contribution in [0.25, 0.3) is 16.3 Å². The van der Waals surface area contributed by atoms with E-state index in [1.165, 1.54) is 11.3 Å². The Balaban J connectivity index is 1.45. The highest BCUT2D eigenvalue weighted by atomic mass is 32.1. The number of carbonyl (C=O) groups excluding carboxylic acids is 1.